The van der Waals surface area contributed by atoms with E-state index in [4.69, 9.17) is 0 Å². The lowest BCUT2D eigenvalue weighted by Gasteiger charge is -2.36. The number of amides is 1. The van der Waals surface area contributed by atoms with Gasteiger partial charge in [0.1, 0.15) is 0 Å². The average molecular weight is 367 g/mol. The second kappa shape index (κ2) is 9.37. The van der Waals surface area contributed by atoms with Crippen LogP contribution in [0.1, 0.15) is 16.8 Å². The van der Waals surface area contributed by atoms with Crippen LogP contribution in [0, 0.1) is 0 Å². The van der Waals surface area contributed by atoms with E-state index in [0.717, 1.165) is 51.4 Å². The summed E-state index contributed by atoms with van der Waals surface area (Å²) in [5, 5.41) is 3.40. The van der Waals surface area contributed by atoms with Gasteiger partial charge in [-0.25, -0.2) is 0 Å². The zero-order valence-corrected chi connectivity index (χ0v) is 16.3. The van der Waals surface area contributed by atoms with Crippen molar-refractivity contribution in [1.82, 2.24) is 14.8 Å². The molecule has 0 atom stereocenters. The molecule has 144 valence electrons. The molecule has 1 aromatic carbocycles. The van der Waals surface area contributed by atoms with E-state index < -0.39 is 0 Å². The fourth-order valence-corrected chi connectivity index (χ4v) is 3.35. The van der Waals surface area contributed by atoms with Crippen molar-refractivity contribution in [2.45, 2.75) is 6.42 Å². The van der Waals surface area contributed by atoms with Crippen LogP contribution < -0.4 is 10.2 Å². The van der Waals surface area contributed by atoms with Gasteiger partial charge >= 0.3 is 0 Å². The van der Waals surface area contributed by atoms with Crippen LogP contribution in [0.15, 0.2) is 48.8 Å². The normalized spacial score (nSPS) is 14.8. The van der Waals surface area contributed by atoms with E-state index in [-0.39, 0.29) is 5.91 Å². The number of benzene rings is 1. The molecule has 0 radical (unpaired) electrons. The molecule has 1 amide bonds. The minimum absolute atomic E-state index is 0.0253. The fourth-order valence-electron chi connectivity index (χ4n) is 3.35. The molecule has 2 aromatic rings. The predicted octanol–water partition coefficient (Wildman–Crippen LogP) is 2.41. The van der Waals surface area contributed by atoms with Crippen LogP contribution in [-0.2, 0) is 0 Å². The van der Waals surface area contributed by atoms with Gasteiger partial charge in [0.25, 0.3) is 5.91 Å². The van der Waals surface area contributed by atoms with Crippen molar-refractivity contribution in [3.63, 3.8) is 0 Å². The average Bonchev–Trinajstić information content (AvgIpc) is 2.72. The zero-order chi connectivity index (χ0) is 19.1. The van der Waals surface area contributed by atoms with E-state index in [1.54, 1.807) is 31.4 Å². The topological polar surface area (TPSA) is 51.7 Å². The largest absolute Gasteiger partial charge is 0.384 e. The van der Waals surface area contributed by atoms with Crippen molar-refractivity contribution in [3.8, 4) is 0 Å². The van der Waals surface area contributed by atoms with Gasteiger partial charge in [0.2, 0.25) is 0 Å². The molecule has 1 fully saturated rings. The first-order chi connectivity index (χ1) is 13.1. The first-order valence-electron chi connectivity index (χ1n) is 9.57. The Morgan fingerprint density at radius 1 is 1.11 bits per heavy atom. The molecular formula is C21H29N5O. The van der Waals surface area contributed by atoms with Gasteiger partial charge in [-0.05, 0) is 31.2 Å². The summed E-state index contributed by atoms with van der Waals surface area (Å²) in [6, 6.07) is 12.5. The number of piperazine rings is 1. The first kappa shape index (κ1) is 19.2. The molecule has 0 unspecified atom stereocenters. The molecule has 0 bridgehead atoms. The SMILES string of the molecule is CN(C)C(=O)c1cnccc1NCCCN1CCN(c2ccccc2)CC1. The maximum Gasteiger partial charge on any atom is 0.257 e. The van der Waals surface area contributed by atoms with Crippen LogP contribution >= 0.6 is 0 Å². The number of anilines is 2. The summed E-state index contributed by atoms with van der Waals surface area (Å²) in [5.41, 5.74) is 2.80. The molecule has 0 aliphatic carbocycles. The number of pyridine rings is 1. The van der Waals surface area contributed by atoms with Crippen molar-refractivity contribution < 1.29 is 4.79 Å². The number of para-hydroxylation sites is 1. The Hall–Kier alpha value is -2.60. The molecule has 6 nitrogen and oxygen atoms in total. The Labute approximate surface area is 161 Å². The molecule has 6 heteroatoms. The van der Waals surface area contributed by atoms with Crippen molar-refractivity contribution in [2.75, 3.05) is 63.6 Å². The lowest BCUT2D eigenvalue weighted by atomic mass is 10.2. The van der Waals surface area contributed by atoms with Gasteiger partial charge in [-0.3, -0.25) is 14.7 Å². The minimum atomic E-state index is -0.0253. The van der Waals surface area contributed by atoms with E-state index in [2.05, 4.69) is 50.4 Å². The van der Waals surface area contributed by atoms with Crippen LogP contribution in [-0.4, -0.2) is 74.1 Å². The highest BCUT2D eigenvalue weighted by Gasteiger charge is 2.17. The molecular weight excluding hydrogens is 338 g/mol. The summed E-state index contributed by atoms with van der Waals surface area (Å²) < 4.78 is 0. The van der Waals surface area contributed by atoms with Crippen LogP contribution in [0.2, 0.25) is 0 Å². The molecule has 3 rings (SSSR count). The summed E-state index contributed by atoms with van der Waals surface area (Å²) in [6.45, 7) is 6.24. The van der Waals surface area contributed by atoms with Gasteiger partial charge in [0, 0.05) is 64.9 Å². The van der Waals surface area contributed by atoms with Crippen LogP contribution in [0.5, 0.6) is 0 Å². The van der Waals surface area contributed by atoms with Gasteiger partial charge in [-0.15, -0.1) is 0 Å². The number of aromatic nitrogens is 1. The van der Waals surface area contributed by atoms with Crippen molar-refractivity contribution in [2.24, 2.45) is 0 Å². The Morgan fingerprint density at radius 3 is 2.56 bits per heavy atom. The second-order valence-electron chi connectivity index (χ2n) is 7.07. The number of nitrogens with zero attached hydrogens (tertiary/aromatic N) is 4. The van der Waals surface area contributed by atoms with Crippen LogP contribution in [0.3, 0.4) is 0 Å². The molecule has 1 N–H and O–H groups in total. The van der Waals surface area contributed by atoms with E-state index in [0.29, 0.717) is 5.56 Å². The minimum Gasteiger partial charge on any atom is -0.384 e. The third-order valence-electron chi connectivity index (χ3n) is 4.92. The Kier molecular flexibility index (Phi) is 6.65. The molecule has 1 aliphatic heterocycles. The molecule has 2 heterocycles. The van der Waals surface area contributed by atoms with Gasteiger partial charge in [-0.1, -0.05) is 18.2 Å². The summed E-state index contributed by atoms with van der Waals surface area (Å²) in [6.07, 6.45) is 4.40. The number of hydrogen-bond donors (Lipinski definition) is 1. The van der Waals surface area contributed by atoms with Crippen molar-refractivity contribution in [3.05, 3.63) is 54.4 Å². The lowest BCUT2D eigenvalue weighted by molar-refractivity contribution is 0.0828. The zero-order valence-electron chi connectivity index (χ0n) is 16.3. The standard InChI is InChI=1S/C21H29N5O/c1-24(2)21(27)19-17-22-11-9-20(19)23-10-6-12-25-13-15-26(16-14-25)18-7-4-3-5-8-18/h3-5,7-9,11,17H,6,10,12-16H2,1-2H3,(H,22,23). The Balaban J connectivity index is 1.41. The fraction of sp³-hybridized carbons (Fsp3) is 0.429. The molecule has 1 aliphatic rings. The number of rotatable bonds is 7. The lowest BCUT2D eigenvalue weighted by Crippen LogP contribution is -2.46. The van der Waals surface area contributed by atoms with E-state index in [9.17, 15) is 4.79 Å². The summed E-state index contributed by atoms with van der Waals surface area (Å²) in [4.78, 5) is 22.8. The molecule has 27 heavy (non-hydrogen) atoms. The first-order valence-corrected chi connectivity index (χ1v) is 9.57. The van der Waals surface area contributed by atoms with Crippen LogP contribution in [0.4, 0.5) is 11.4 Å². The van der Waals surface area contributed by atoms with Gasteiger partial charge in [0.15, 0.2) is 0 Å². The Bertz CT molecular complexity index is 726. The van der Waals surface area contributed by atoms with Crippen LogP contribution in [0.25, 0.3) is 0 Å². The smallest absolute Gasteiger partial charge is 0.257 e. The van der Waals surface area contributed by atoms with Gasteiger partial charge in [0.05, 0.1) is 11.3 Å². The molecule has 0 saturated carbocycles. The number of carbonyl (C=O) groups excluding carboxylic acids is 1. The number of nitrogens with one attached hydrogen (secondary N) is 1. The van der Waals surface area contributed by atoms with E-state index in [1.165, 1.54) is 5.69 Å². The van der Waals surface area contributed by atoms with E-state index in [1.807, 2.05) is 6.07 Å². The van der Waals surface area contributed by atoms with Crippen molar-refractivity contribution in [1.29, 1.82) is 0 Å². The highest BCUT2D eigenvalue weighted by atomic mass is 16.2. The third-order valence-corrected chi connectivity index (χ3v) is 4.92. The van der Waals surface area contributed by atoms with E-state index >= 15 is 0 Å². The summed E-state index contributed by atoms with van der Waals surface area (Å²) in [7, 11) is 3.52. The predicted molar refractivity (Wildman–Crippen MR) is 110 cm³/mol. The number of hydrogen-bond acceptors (Lipinski definition) is 5. The molecule has 1 saturated heterocycles. The highest BCUT2D eigenvalue weighted by Crippen LogP contribution is 2.17. The quantitative estimate of drug-likeness (QED) is 0.762. The summed E-state index contributed by atoms with van der Waals surface area (Å²) >= 11 is 0. The molecule has 1 aromatic heterocycles. The maximum absolute atomic E-state index is 12.2. The Morgan fingerprint density at radius 2 is 1.85 bits per heavy atom. The highest BCUT2D eigenvalue weighted by molar-refractivity contribution is 5.98. The number of carbonyl (C=O) groups is 1. The summed E-state index contributed by atoms with van der Waals surface area (Å²) in [5.74, 6) is -0.0253. The van der Waals surface area contributed by atoms with Gasteiger partial charge in [-0.2, -0.15) is 0 Å². The third kappa shape index (κ3) is 5.20. The van der Waals surface area contributed by atoms with Crippen molar-refractivity contribution >= 4 is 17.3 Å². The second-order valence-corrected chi connectivity index (χ2v) is 7.07. The van der Waals surface area contributed by atoms with Gasteiger partial charge < -0.3 is 15.1 Å². The molecule has 0 spiro atoms. The monoisotopic (exact) mass is 367 g/mol. The maximum atomic E-state index is 12.2.